The fourth-order valence-corrected chi connectivity index (χ4v) is 2.41. The van der Waals surface area contributed by atoms with E-state index in [9.17, 15) is 4.79 Å². The van der Waals surface area contributed by atoms with Crippen LogP contribution in [0.5, 0.6) is 0 Å². The van der Waals surface area contributed by atoms with Crippen LogP contribution in [0.15, 0.2) is 36.4 Å². The van der Waals surface area contributed by atoms with Crippen LogP contribution in [-0.4, -0.2) is 40.6 Å². The molecule has 0 spiro atoms. The van der Waals surface area contributed by atoms with Gasteiger partial charge in [-0.05, 0) is 32.9 Å². The van der Waals surface area contributed by atoms with E-state index in [-0.39, 0.29) is 11.9 Å². The first-order valence-corrected chi connectivity index (χ1v) is 7.74. The number of rotatable bonds is 6. The number of nitrogens with zero attached hydrogens (tertiary/aromatic N) is 2. The number of carbonyl (C=O) groups is 1. The molecule has 1 saturated carbocycles. The molecular weight excluding hydrogens is 276 g/mol. The molecule has 0 saturated heterocycles. The van der Waals surface area contributed by atoms with E-state index in [2.05, 4.69) is 28.5 Å². The van der Waals surface area contributed by atoms with E-state index in [4.69, 9.17) is 0 Å². The fraction of sp³-hybridized carbons (Fsp3) is 0.412. The molecule has 0 bridgehead atoms. The maximum Gasteiger partial charge on any atom is 0.234 e. The summed E-state index contributed by atoms with van der Waals surface area (Å²) in [5, 5.41) is 10.5. The number of benzene rings is 1. The minimum atomic E-state index is 0.0969. The third kappa shape index (κ3) is 3.54. The van der Waals surface area contributed by atoms with E-state index in [1.54, 1.807) is 0 Å². The highest BCUT2D eigenvalue weighted by Gasteiger charge is 2.24. The minimum Gasteiger partial charge on any atom is -0.352 e. The number of aromatic nitrogens is 2. The second kappa shape index (κ2) is 6.32. The zero-order chi connectivity index (χ0) is 15.5. The van der Waals surface area contributed by atoms with Gasteiger partial charge in [-0.2, -0.15) is 5.10 Å². The Labute approximate surface area is 130 Å². The third-order valence-corrected chi connectivity index (χ3v) is 4.11. The van der Waals surface area contributed by atoms with Crippen molar-refractivity contribution in [2.75, 3.05) is 13.6 Å². The average Bonchev–Trinajstić information content (AvgIpc) is 3.19. The first-order chi connectivity index (χ1) is 10.6. The van der Waals surface area contributed by atoms with Gasteiger partial charge >= 0.3 is 0 Å². The molecule has 1 heterocycles. The van der Waals surface area contributed by atoms with Gasteiger partial charge in [0.15, 0.2) is 0 Å². The van der Waals surface area contributed by atoms with Gasteiger partial charge in [0.1, 0.15) is 0 Å². The maximum atomic E-state index is 11.9. The molecule has 0 radical (unpaired) electrons. The molecule has 2 aromatic rings. The summed E-state index contributed by atoms with van der Waals surface area (Å²) in [5.41, 5.74) is 3.03. The molecule has 1 fully saturated rings. The molecule has 1 aliphatic carbocycles. The van der Waals surface area contributed by atoms with E-state index in [1.807, 2.05) is 42.3 Å². The highest BCUT2D eigenvalue weighted by atomic mass is 16.2. The summed E-state index contributed by atoms with van der Waals surface area (Å²) in [6.45, 7) is 2.48. The van der Waals surface area contributed by atoms with E-state index >= 15 is 0 Å². The van der Waals surface area contributed by atoms with Crippen LogP contribution in [0.1, 0.15) is 31.5 Å². The van der Waals surface area contributed by atoms with Crippen molar-refractivity contribution in [3.63, 3.8) is 0 Å². The molecule has 3 rings (SSSR count). The van der Waals surface area contributed by atoms with Gasteiger partial charge in [0.05, 0.1) is 17.9 Å². The van der Waals surface area contributed by atoms with Crippen LogP contribution in [0.3, 0.4) is 0 Å². The Morgan fingerprint density at radius 2 is 2.14 bits per heavy atom. The highest BCUT2D eigenvalue weighted by molar-refractivity contribution is 5.78. The van der Waals surface area contributed by atoms with Gasteiger partial charge in [-0.1, -0.05) is 30.3 Å². The molecule has 5 heteroatoms. The maximum absolute atomic E-state index is 11.9. The predicted molar refractivity (Wildman–Crippen MR) is 86.2 cm³/mol. The second-order valence-corrected chi connectivity index (χ2v) is 6.01. The highest BCUT2D eigenvalue weighted by Crippen LogP contribution is 2.23. The summed E-state index contributed by atoms with van der Waals surface area (Å²) in [4.78, 5) is 13.9. The van der Waals surface area contributed by atoms with Crippen LogP contribution in [0.4, 0.5) is 0 Å². The fourth-order valence-electron chi connectivity index (χ4n) is 2.41. The summed E-state index contributed by atoms with van der Waals surface area (Å²) in [5.74, 6) is 0.0969. The van der Waals surface area contributed by atoms with Crippen LogP contribution in [0.25, 0.3) is 11.3 Å². The SMILES string of the molecule is C[C@H](c1cc(-c2ccccc2)n[nH]1)N(C)CC(=O)NC1CC1. The summed E-state index contributed by atoms with van der Waals surface area (Å²) in [6.07, 6.45) is 2.23. The van der Waals surface area contributed by atoms with E-state index in [1.165, 1.54) is 0 Å². The average molecular weight is 298 g/mol. The zero-order valence-electron chi connectivity index (χ0n) is 13.0. The number of H-pyrrole nitrogens is 1. The van der Waals surface area contributed by atoms with E-state index in [0.29, 0.717) is 12.6 Å². The molecule has 1 amide bonds. The molecule has 1 aliphatic rings. The number of carbonyl (C=O) groups excluding carboxylic acids is 1. The Morgan fingerprint density at radius 3 is 2.82 bits per heavy atom. The molecule has 1 aromatic heterocycles. The molecule has 116 valence electrons. The van der Waals surface area contributed by atoms with Gasteiger partial charge in [-0.25, -0.2) is 0 Å². The molecule has 1 aromatic carbocycles. The number of amides is 1. The summed E-state index contributed by atoms with van der Waals surface area (Å²) in [6, 6.07) is 12.6. The smallest absolute Gasteiger partial charge is 0.234 e. The number of aromatic amines is 1. The quantitative estimate of drug-likeness (QED) is 0.860. The lowest BCUT2D eigenvalue weighted by Crippen LogP contribution is -2.37. The lowest BCUT2D eigenvalue weighted by atomic mass is 10.1. The molecule has 22 heavy (non-hydrogen) atoms. The first kappa shape index (κ1) is 14.8. The lowest BCUT2D eigenvalue weighted by molar-refractivity contribution is -0.122. The molecule has 0 unspecified atom stereocenters. The van der Waals surface area contributed by atoms with E-state index in [0.717, 1.165) is 29.8 Å². The Hall–Kier alpha value is -2.14. The van der Waals surface area contributed by atoms with Gasteiger partial charge in [0.2, 0.25) is 5.91 Å². The monoisotopic (exact) mass is 298 g/mol. The summed E-state index contributed by atoms with van der Waals surface area (Å²) < 4.78 is 0. The topological polar surface area (TPSA) is 61.0 Å². The Bertz CT molecular complexity index is 633. The minimum absolute atomic E-state index is 0.0969. The number of nitrogens with one attached hydrogen (secondary N) is 2. The van der Waals surface area contributed by atoms with Gasteiger partial charge < -0.3 is 5.32 Å². The van der Waals surface area contributed by atoms with Crippen molar-refractivity contribution in [3.8, 4) is 11.3 Å². The van der Waals surface area contributed by atoms with Crippen molar-refractivity contribution in [1.29, 1.82) is 0 Å². The zero-order valence-corrected chi connectivity index (χ0v) is 13.0. The summed E-state index contributed by atoms with van der Waals surface area (Å²) in [7, 11) is 1.96. The Balaban J connectivity index is 1.63. The number of likely N-dealkylation sites (N-methyl/N-ethyl adjacent to an activating group) is 1. The van der Waals surface area contributed by atoms with Crippen LogP contribution in [-0.2, 0) is 4.79 Å². The van der Waals surface area contributed by atoms with Gasteiger partial charge in [0, 0.05) is 17.6 Å². The van der Waals surface area contributed by atoms with Crippen LogP contribution in [0.2, 0.25) is 0 Å². The second-order valence-electron chi connectivity index (χ2n) is 6.01. The van der Waals surface area contributed by atoms with E-state index < -0.39 is 0 Å². The van der Waals surface area contributed by atoms with Crippen LogP contribution in [0, 0.1) is 0 Å². The predicted octanol–water partition coefficient (Wildman–Crippen LogP) is 2.35. The van der Waals surface area contributed by atoms with Crippen molar-refractivity contribution in [1.82, 2.24) is 20.4 Å². The van der Waals surface area contributed by atoms with Crippen molar-refractivity contribution < 1.29 is 4.79 Å². The van der Waals surface area contributed by atoms with Crippen molar-refractivity contribution in [2.24, 2.45) is 0 Å². The first-order valence-electron chi connectivity index (χ1n) is 7.74. The van der Waals surface area contributed by atoms with Crippen molar-refractivity contribution in [3.05, 3.63) is 42.1 Å². The molecule has 0 aliphatic heterocycles. The van der Waals surface area contributed by atoms with Crippen molar-refractivity contribution >= 4 is 5.91 Å². The number of hydrogen-bond donors (Lipinski definition) is 2. The van der Waals surface area contributed by atoms with Gasteiger partial charge in [-0.3, -0.25) is 14.8 Å². The normalized spacial score (nSPS) is 15.8. The number of hydrogen-bond acceptors (Lipinski definition) is 3. The van der Waals surface area contributed by atoms with Crippen molar-refractivity contribution in [2.45, 2.75) is 31.8 Å². The molecule has 1 atom stereocenters. The standard InChI is InChI=1S/C17H22N4O/c1-12(21(2)11-17(22)18-14-8-9-14)15-10-16(20-19-15)13-6-4-3-5-7-13/h3-7,10,12,14H,8-9,11H2,1-2H3,(H,18,22)(H,19,20)/t12-/m1/s1. The lowest BCUT2D eigenvalue weighted by Gasteiger charge is -2.22. The van der Waals surface area contributed by atoms with Gasteiger partial charge in [0.25, 0.3) is 0 Å². The Morgan fingerprint density at radius 1 is 1.41 bits per heavy atom. The van der Waals surface area contributed by atoms with Crippen LogP contribution >= 0.6 is 0 Å². The largest absolute Gasteiger partial charge is 0.352 e. The third-order valence-electron chi connectivity index (χ3n) is 4.11. The Kier molecular flexibility index (Phi) is 4.24. The molecule has 5 nitrogen and oxygen atoms in total. The summed E-state index contributed by atoms with van der Waals surface area (Å²) >= 11 is 0. The molecule has 2 N–H and O–H groups in total. The van der Waals surface area contributed by atoms with Crippen LogP contribution < -0.4 is 5.32 Å². The van der Waals surface area contributed by atoms with Gasteiger partial charge in [-0.15, -0.1) is 0 Å². The molecular formula is C17H22N4O.